The molecule has 0 aliphatic heterocycles. The van der Waals surface area contributed by atoms with E-state index in [-0.39, 0.29) is 17.1 Å². The minimum Gasteiger partial charge on any atom is -0.230 e. The van der Waals surface area contributed by atoms with Gasteiger partial charge < -0.3 is 0 Å². The van der Waals surface area contributed by atoms with Crippen LogP contribution in [0.1, 0.15) is 0 Å². The topological polar surface area (TPSA) is 12.9 Å². The smallest absolute Gasteiger partial charge is 0.148 e. The Kier molecular flexibility index (Phi) is 2.96. The normalized spacial score (nSPS) is 9.55. The Bertz CT molecular complexity index is 325. The van der Waals surface area contributed by atoms with Gasteiger partial charge in [-0.05, 0) is 12.1 Å². The molecule has 0 saturated carbocycles. The average molecular weight is 231 g/mol. The molecule has 4 heteroatoms. The Balaban J connectivity index is 0.000000605. The maximum atomic E-state index is 4.20. The Morgan fingerprint density at radius 2 is 2.00 bits per heavy atom. The van der Waals surface area contributed by atoms with Gasteiger partial charge in [0.15, 0.2) is 0 Å². The molecule has 0 N–H and O–H groups in total. The third-order valence-corrected chi connectivity index (χ3v) is 2.50. The summed E-state index contributed by atoms with van der Waals surface area (Å²) in [5.74, 6) is 0. The van der Waals surface area contributed by atoms with Crippen LogP contribution < -0.4 is 0 Å². The summed E-state index contributed by atoms with van der Waals surface area (Å²) < 4.78 is 2.04. The number of fused-ring (bicyclic) bond motifs is 1. The Morgan fingerprint density at radius 1 is 1.27 bits per heavy atom. The van der Waals surface area contributed by atoms with Crippen molar-refractivity contribution >= 4 is 34.2 Å². The van der Waals surface area contributed by atoms with Crippen molar-refractivity contribution in [2.24, 2.45) is 0 Å². The maximum absolute atomic E-state index is 4.20. The molecule has 2 rings (SSSR count). The van der Waals surface area contributed by atoms with Crippen LogP contribution in [0.4, 0.5) is 0 Å². The van der Waals surface area contributed by atoms with Crippen LogP contribution in [-0.4, -0.2) is 4.98 Å². The molecule has 2 aromatic rings. The van der Waals surface area contributed by atoms with E-state index in [9.17, 15) is 0 Å². The van der Waals surface area contributed by atoms with E-state index in [1.807, 2.05) is 24.3 Å². The first-order chi connectivity index (χ1) is 4.86. The molecule has 1 aromatic heterocycles. The molecule has 0 atom stereocenters. The van der Waals surface area contributed by atoms with Gasteiger partial charge in [-0.3, -0.25) is 0 Å². The summed E-state index contributed by atoms with van der Waals surface area (Å²) in [6.07, 6.45) is 0. The van der Waals surface area contributed by atoms with Crippen LogP contribution in [0.5, 0.6) is 0 Å². The third kappa shape index (κ3) is 1.76. The number of nitrogens with zero attached hydrogens (tertiary/aromatic N) is 1. The number of aromatic nitrogens is 1. The summed E-state index contributed by atoms with van der Waals surface area (Å²) in [6, 6.07) is 8.03. The molecule has 0 amide bonds. The summed E-state index contributed by atoms with van der Waals surface area (Å²) in [6.45, 7) is 0. The number of rotatable bonds is 0. The summed E-state index contributed by atoms with van der Waals surface area (Å²) in [7, 11) is 0. The number of thiol groups is 1. The summed E-state index contributed by atoms with van der Waals surface area (Å²) in [5, 5.41) is 0. The van der Waals surface area contributed by atoms with Crippen LogP contribution in [0.3, 0.4) is 0 Å². The van der Waals surface area contributed by atoms with Crippen LogP contribution in [0.25, 0.3) is 10.2 Å². The van der Waals surface area contributed by atoms with Crippen molar-refractivity contribution in [3.63, 3.8) is 0 Å². The van der Waals surface area contributed by atoms with Crippen LogP contribution in [0.2, 0.25) is 0 Å². The average Bonchev–Trinajstić information content (AvgIpc) is 2.27. The van der Waals surface area contributed by atoms with E-state index in [2.05, 4.69) is 17.6 Å². The SMILES string of the molecule is Sc1nc2ccccc2s1.[Cu]. The number of hydrogen-bond donors (Lipinski definition) is 1. The molecule has 0 fully saturated rings. The van der Waals surface area contributed by atoms with Crippen LogP contribution in [0, 0.1) is 0 Å². The van der Waals surface area contributed by atoms with Gasteiger partial charge in [0.25, 0.3) is 0 Å². The van der Waals surface area contributed by atoms with E-state index < -0.39 is 0 Å². The van der Waals surface area contributed by atoms with Crippen molar-refractivity contribution < 1.29 is 17.1 Å². The molecule has 1 nitrogen and oxygen atoms in total. The Morgan fingerprint density at radius 3 is 2.73 bits per heavy atom. The molecular weight excluding hydrogens is 226 g/mol. The first-order valence-electron chi connectivity index (χ1n) is 2.91. The fourth-order valence-corrected chi connectivity index (χ4v) is 1.97. The maximum Gasteiger partial charge on any atom is 0.148 e. The van der Waals surface area contributed by atoms with Crippen molar-refractivity contribution in [1.82, 2.24) is 4.98 Å². The zero-order valence-corrected chi connectivity index (χ0v) is 8.07. The molecule has 0 aliphatic rings. The van der Waals surface area contributed by atoms with Gasteiger partial charge >= 0.3 is 0 Å². The number of thiazole rings is 1. The molecule has 11 heavy (non-hydrogen) atoms. The van der Waals surface area contributed by atoms with Gasteiger partial charge in [0.2, 0.25) is 0 Å². The molecular formula is C7H5CuNS2. The second-order valence-electron chi connectivity index (χ2n) is 1.96. The van der Waals surface area contributed by atoms with E-state index in [1.165, 1.54) is 4.70 Å². The number of hydrogen-bond acceptors (Lipinski definition) is 3. The molecule has 1 heterocycles. The first kappa shape index (κ1) is 9.07. The van der Waals surface area contributed by atoms with Gasteiger partial charge in [0.05, 0.1) is 10.2 Å². The van der Waals surface area contributed by atoms with E-state index >= 15 is 0 Å². The van der Waals surface area contributed by atoms with Crippen LogP contribution >= 0.6 is 24.0 Å². The van der Waals surface area contributed by atoms with Crippen molar-refractivity contribution in [2.75, 3.05) is 0 Å². The van der Waals surface area contributed by atoms with Crippen molar-refractivity contribution in [1.29, 1.82) is 0 Å². The molecule has 0 unspecified atom stereocenters. The standard InChI is InChI=1S/C7H5NS2.Cu/c9-7-8-5-3-1-2-4-6(5)10-7;/h1-4H,(H,8,9);. The van der Waals surface area contributed by atoms with Gasteiger partial charge in [-0.1, -0.05) is 12.1 Å². The Hall–Kier alpha value is -0.0205. The predicted octanol–water partition coefficient (Wildman–Crippen LogP) is 2.58. The first-order valence-corrected chi connectivity index (χ1v) is 4.17. The second kappa shape index (κ2) is 3.59. The largest absolute Gasteiger partial charge is 0.230 e. The quantitative estimate of drug-likeness (QED) is 0.542. The minimum atomic E-state index is 0. The van der Waals surface area contributed by atoms with E-state index in [0.29, 0.717) is 0 Å². The van der Waals surface area contributed by atoms with Crippen molar-refractivity contribution in [3.8, 4) is 0 Å². The van der Waals surface area contributed by atoms with Crippen molar-refractivity contribution in [3.05, 3.63) is 24.3 Å². The van der Waals surface area contributed by atoms with Crippen molar-refractivity contribution in [2.45, 2.75) is 4.34 Å². The molecule has 0 bridgehead atoms. The minimum absolute atomic E-state index is 0. The number of benzene rings is 1. The fraction of sp³-hybridized carbons (Fsp3) is 0. The fourth-order valence-electron chi connectivity index (χ4n) is 0.860. The zero-order chi connectivity index (χ0) is 6.97. The monoisotopic (exact) mass is 230 g/mol. The molecule has 1 aromatic carbocycles. The summed E-state index contributed by atoms with van der Waals surface area (Å²) in [4.78, 5) is 4.20. The van der Waals surface area contributed by atoms with Crippen LogP contribution in [0.15, 0.2) is 28.6 Å². The Labute approximate surface area is 84.7 Å². The zero-order valence-electron chi connectivity index (χ0n) is 5.41. The molecule has 1 radical (unpaired) electrons. The van der Waals surface area contributed by atoms with E-state index in [0.717, 1.165) is 9.86 Å². The summed E-state index contributed by atoms with van der Waals surface area (Å²) >= 11 is 5.76. The molecule has 0 saturated heterocycles. The molecule has 0 spiro atoms. The number of para-hydroxylation sites is 1. The van der Waals surface area contributed by atoms with Gasteiger partial charge in [0.1, 0.15) is 4.34 Å². The summed E-state index contributed by atoms with van der Waals surface area (Å²) in [5.41, 5.74) is 1.04. The van der Waals surface area contributed by atoms with E-state index in [1.54, 1.807) is 11.3 Å². The van der Waals surface area contributed by atoms with Crippen LogP contribution in [-0.2, 0) is 17.1 Å². The predicted molar refractivity (Wildman–Crippen MR) is 46.9 cm³/mol. The molecule has 61 valence electrons. The second-order valence-corrected chi connectivity index (χ2v) is 3.72. The third-order valence-electron chi connectivity index (χ3n) is 1.28. The molecule has 0 aliphatic carbocycles. The van der Waals surface area contributed by atoms with Gasteiger partial charge in [-0.15, -0.1) is 24.0 Å². The van der Waals surface area contributed by atoms with E-state index in [4.69, 9.17) is 0 Å². The van der Waals surface area contributed by atoms with Gasteiger partial charge in [0, 0.05) is 17.1 Å². The van der Waals surface area contributed by atoms with Gasteiger partial charge in [-0.25, -0.2) is 4.98 Å². The van der Waals surface area contributed by atoms with Gasteiger partial charge in [-0.2, -0.15) is 0 Å².